The summed E-state index contributed by atoms with van der Waals surface area (Å²) in [5, 5.41) is 7.43. The Morgan fingerprint density at radius 1 is 1.30 bits per heavy atom. The van der Waals surface area contributed by atoms with Crippen molar-refractivity contribution in [3.05, 3.63) is 35.7 Å². The van der Waals surface area contributed by atoms with E-state index in [0.29, 0.717) is 23.4 Å². The molecule has 0 unspecified atom stereocenters. The molecule has 0 spiro atoms. The second kappa shape index (κ2) is 5.59. The Bertz CT molecular complexity index is 672. The Labute approximate surface area is 117 Å². The molecule has 8 heteroatoms. The zero-order chi connectivity index (χ0) is 14.8. The number of aromatic nitrogens is 3. The van der Waals surface area contributed by atoms with Crippen molar-refractivity contribution in [3.8, 4) is 0 Å². The molecule has 3 N–H and O–H groups in total. The fourth-order valence-corrected chi connectivity index (χ4v) is 3.60. The molecule has 108 valence electrons. The number of hydrogen-bond donors (Lipinski definition) is 2. The summed E-state index contributed by atoms with van der Waals surface area (Å²) in [6.07, 6.45) is 3.22. The van der Waals surface area contributed by atoms with Crippen LogP contribution in [0.5, 0.6) is 0 Å². The highest BCUT2D eigenvalue weighted by Crippen LogP contribution is 2.22. The molecular formula is C12H17N5O2S. The maximum absolute atomic E-state index is 12.3. The number of sulfonamides is 1. The first-order valence-electron chi connectivity index (χ1n) is 6.10. The van der Waals surface area contributed by atoms with E-state index in [1.54, 1.807) is 43.1 Å². The Morgan fingerprint density at radius 2 is 1.95 bits per heavy atom. The van der Waals surface area contributed by atoms with Crippen LogP contribution in [0.2, 0.25) is 0 Å². The van der Waals surface area contributed by atoms with Gasteiger partial charge in [0.05, 0.1) is 17.6 Å². The van der Waals surface area contributed by atoms with Gasteiger partial charge in [-0.3, -0.25) is 4.68 Å². The zero-order valence-corrected chi connectivity index (χ0v) is 12.2. The largest absolute Gasteiger partial charge is 0.399 e. The van der Waals surface area contributed by atoms with E-state index in [4.69, 9.17) is 5.73 Å². The lowest BCUT2D eigenvalue weighted by Crippen LogP contribution is -2.28. The van der Waals surface area contributed by atoms with Gasteiger partial charge < -0.3 is 5.73 Å². The number of nitrogen functional groups attached to an aromatic ring is 1. The van der Waals surface area contributed by atoms with Gasteiger partial charge in [-0.05, 0) is 37.1 Å². The first kappa shape index (κ1) is 14.5. The Morgan fingerprint density at radius 3 is 2.50 bits per heavy atom. The van der Waals surface area contributed by atoms with Crippen LogP contribution in [-0.2, 0) is 16.6 Å². The van der Waals surface area contributed by atoms with Gasteiger partial charge in [0, 0.05) is 18.4 Å². The third kappa shape index (κ3) is 3.14. The van der Waals surface area contributed by atoms with Gasteiger partial charge >= 0.3 is 0 Å². The fraction of sp³-hybridized carbons (Fsp3) is 0.333. The average Bonchev–Trinajstić information content (AvgIpc) is 2.79. The molecule has 2 rings (SSSR count). The molecule has 0 aliphatic heterocycles. The van der Waals surface area contributed by atoms with Gasteiger partial charge in [-0.15, -0.1) is 5.10 Å². The van der Waals surface area contributed by atoms with Gasteiger partial charge in [-0.2, -0.15) is 0 Å². The number of nitrogens with zero attached hydrogens (tertiary/aromatic N) is 3. The second-order valence-electron chi connectivity index (χ2n) is 4.55. The van der Waals surface area contributed by atoms with Crippen molar-refractivity contribution in [1.82, 2.24) is 19.7 Å². The van der Waals surface area contributed by atoms with Crippen LogP contribution in [0.15, 0.2) is 29.4 Å². The Kier molecular flexibility index (Phi) is 4.05. The molecule has 0 aliphatic rings. The van der Waals surface area contributed by atoms with Crippen LogP contribution in [0, 0.1) is 13.8 Å². The topological polar surface area (TPSA) is 103 Å². The number of nitrogens with two attached hydrogens (primary N) is 1. The SMILES string of the molecule is Cc1cc(N)cc(C)c1S(=O)(=O)NCCn1ccnn1. The third-order valence-corrected chi connectivity index (χ3v) is 4.62. The quantitative estimate of drug-likeness (QED) is 0.780. The summed E-state index contributed by atoms with van der Waals surface area (Å²) < 4.78 is 28.8. The lowest BCUT2D eigenvalue weighted by atomic mass is 10.1. The van der Waals surface area contributed by atoms with E-state index in [9.17, 15) is 8.42 Å². The van der Waals surface area contributed by atoms with Crippen molar-refractivity contribution in [2.24, 2.45) is 0 Å². The summed E-state index contributed by atoms with van der Waals surface area (Å²) in [7, 11) is -3.56. The molecular weight excluding hydrogens is 278 g/mol. The summed E-state index contributed by atoms with van der Waals surface area (Å²) >= 11 is 0. The Balaban J connectivity index is 2.14. The smallest absolute Gasteiger partial charge is 0.241 e. The summed E-state index contributed by atoms with van der Waals surface area (Å²) in [4.78, 5) is 0.283. The van der Waals surface area contributed by atoms with Gasteiger partial charge in [0.1, 0.15) is 0 Å². The molecule has 1 aromatic heterocycles. The normalized spacial score (nSPS) is 11.7. The van der Waals surface area contributed by atoms with E-state index in [2.05, 4.69) is 15.0 Å². The predicted molar refractivity (Wildman–Crippen MR) is 75.5 cm³/mol. The molecule has 0 amide bonds. The summed E-state index contributed by atoms with van der Waals surface area (Å²) in [5.41, 5.74) is 7.53. The molecule has 7 nitrogen and oxygen atoms in total. The number of rotatable bonds is 5. The standard InChI is InChI=1S/C12H17N5O2S/c1-9-7-11(13)8-10(2)12(9)20(18,19)15-4-6-17-5-3-14-16-17/h3,5,7-8,15H,4,6,13H2,1-2H3. The maximum atomic E-state index is 12.3. The molecule has 2 aromatic rings. The van der Waals surface area contributed by atoms with Crippen molar-refractivity contribution in [2.75, 3.05) is 12.3 Å². The number of hydrogen-bond acceptors (Lipinski definition) is 5. The van der Waals surface area contributed by atoms with E-state index >= 15 is 0 Å². The predicted octanol–water partition coefficient (Wildman–Crippen LogP) is 0.456. The minimum atomic E-state index is -3.56. The maximum Gasteiger partial charge on any atom is 0.241 e. The molecule has 0 fully saturated rings. The highest BCUT2D eigenvalue weighted by Gasteiger charge is 2.19. The second-order valence-corrected chi connectivity index (χ2v) is 6.25. The molecule has 1 aromatic carbocycles. The van der Waals surface area contributed by atoms with Crippen LogP contribution in [0.25, 0.3) is 0 Å². The van der Waals surface area contributed by atoms with E-state index in [1.807, 2.05) is 0 Å². The van der Waals surface area contributed by atoms with Gasteiger partial charge in [0.15, 0.2) is 0 Å². The van der Waals surface area contributed by atoms with E-state index in [-0.39, 0.29) is 11.4 Å². The van der Waals surface area contributed by atoms with Crippen molar-refractivity contribution in [1.29, 1.82) is 0 Å². The fourth-order valence-electron chi connectivity index (χ4n) is 2.13. The zero-order valence-electron chi connectivity index (χ0n) is 11.4. The molecule has 1 heterocycles. The van der Waals surface area contributed by atoms with Crippen molar-refractivity contribution in [2.45, 2.75) is 25.3 Å². The molecule has 0 aliphatic carbocycles. The monoisotopic (exact) mass is 295 g/mol. The Hall–Kier alpha value is -1.93. The first-order chi connectivity index (χ1) is 9.40. The van der Waals surface area contributed by atoms with Gasteiger partial charge in [-0.1, -0.05) is 5.21 Å². The van der Waals surface area contributed by atoms with Gasteiger partial charge in [-0.25, -0.2) is 13.1 Å². The lowest BCUT2D eigenvalue weighted by molar-refractivity contribution is 0.552. The minimum Gasteiger partial charge on any atom is -0.399 e. The third-order valence-electron chi connectivity index (χ3n) is 2.86. The summed E-state index contributed by atoms with van der Waals surface area (Å²) in [5.74, 6) is 0. The van der Waals surface area contributed by atoms with Crippen LogP contribution in [0.3, 0.4) is 0 Å². The van der Waals surface area contributed by atoms with Crippen molar-refractivity contribution >= 4 is 15.7 Å². The van der Waals surface area contributed by atoms with Crippen LogP contribution < -0.4 is 10.5 Å². The summed E-state index contributed by atoms with van der Waals surface area (Å²) in [6.45, 7) is 4.13. The minimum absolute atomic E-state index is 0.245. The van der Waals surface area contributed by atoms with Gasteiger partial charge in [0.2, 0.25) is 10.0 Å². The number of aryl methyl sites for hydroxylation is 2. The lowest BCUT2D eigenvalue weighted by Gasteiger charge is -2.12. The van der Waals surface area contributed by atoms with Crippen molar-refractivity contribution in [3.63, 3.8) is 0 Å². The van der Waals surface area contributed by atoms with Gasteiger partial charge in [0.25, 0.3) is 0 Å². The van der Waals surface area contributed by atoms with Crippen LogP contribution in [0.1, 0.15) is 11.1 Å². The molecule has 20 heavy (non-hydrogen) atoms. The number of benzene rings is 1. The van der Waals surface area contributed by atoms with Crippen LogP contribution in [0.4, 0.5) is 5.69 Å². The van der Waals surface area contributed by atoms with Crippen molar-refractivity contribution < 1.29 is 8.42 Å². The van der Waals surface area contributed by atoms with Crippen LogP contribution in [-0.4, -0.2) is 30.0 Å². The van der Waals surface area contributed by atoms with E-state index in [0.717, 1.165) is 0 Å². The first-order valence-corrected chi connectivity index (χ1v) is 7.59. The van der Waals surface area contributed by atoms with Crippen LogP contribution >= 0.6 is 0 Å². The molecule has 0 atom stereocenters. The van der Waals surface area contributed by atoms with E-state index in [1.165, 1.54) is 0 Å². The van der Waals surface area contributed by atoms with E-state index < -0.39 is 10.0 Å². The highest BCUT2D eigenvalue weighted by atomic mass is 32.2. The molecule has 0 bridgehead atoms. The highest BCUT2D eigenvalue weighted by molar-refractivity contribution is 7.89. The molecule has 0 saturated heterocycles. The number of nitrogens with one attached hydrogen (secondary N) is 1. The number of anilines is 1. The molecule has 0 radical (unpaired) electrons. The summed E-state index contributed by atoms with van der Waals surface area (Å²) in [6, 6.07) is 3.30. The average molecular weight is 295 g/mol. The molecule has 0 saturated carbocycles.